The minimum Gasteiger partial charge on any atom is -0.395 e. The first-order chi connectivity index (χ1) is 7.13. The van der Waals surface area contributed by atoms with Crippen LogP contribution in [0.1, 0.15) is 46.5 Å². The van der Waals surface area contributed by atoms with Gasteiger partial charge in [0.25, 0.3) is 0 Å². The topological polar surface area (TPSA) is 41.5 Å². The molecule has 0 bridgehead atoms. The number of nitrogens with one attached hydrogen (secondary N) is 1. The van der Waals surface area contributed by atoms with E-state index >= 15 is 0 Å². The van der Waals surface area contributed by atoms with Gasteiger partial charge in [0.05, 0.1) is 12.2 Å². The van der Waals surface area contributed by atoms with E-state index in [-0.39, 0.29) is 18.2 Å². The van der Waals surface area contributed by atoms with E-state index in [4.69, 9.17) is 9.84 Å². The quantitative estimate of drug-likeness (QED) is 0.733. The van der Waals surface area contributed by atoms with Crippen molar-refractivity contribution in [2.75, 3.05) is 13.2 Å². The summed E-state index contributed by atoms with van der Waals surface area (Å²) in [6.45, 7) is 7.53. The normalized spacial score (nSPS) is 34.0. The highest BCUT2D eigenvalue weighted by Crippen LogP contribution is 2.27. The van der Waals surface area contributed by atoms with E-state index in [9.17, 15) is 0 Å². The minimum absolute atomic E-state index is 0.0314. The second-order valence-corrected chi connectivity index (χ2v) is 4.80. The van der Waals surface area contributed by atoms with Crippen molar-refractivity contribution in [1.29, 1.82) is 0 Å². The molecule has 0 aromatic rings. The van der Waals surface area contributed by atoms with E-state index < -0.39 is 0 Å². The van der Waals surface area contributed by atoms with Gasteiger partial charge >= 0.3 is 0 Å². The lowest BCUT2D eigenvalue weighted by atomic mass is 9.89. The van der Waals surface area contributed by atoms with Gasteiger partial charge in [-0.25, -0.2) is 0 Å². The van der Waals surface area contributed by atoms with Crippen LogP contribution in [0.15, 0.2) is 0 Å². The summed E-state index contributed by atoms with van der Waals surface area (Å²) in [7, 11) is 0. The Bertz CT molecular complexity index is 182. The largest absolute Gasteiger partial charge is 0.395 e. The first-order valence-corrected chi connectivity index (χ1v) is 6.14. The Morgan fingerprint density at radius 2 is 2.27 bits per heavy atom. The van der Waals surface area contributed by atoms with Crippen molar-refractivity contribution in [1.82, 2.24) is 5.32 Å². The van der Waals surface area contributed by atoms with Crippen LogP contribution in [0.25, 0.3) is 0 Å². The van der Waals surface area contributed by atoms with E-state index in [1.807, 2.05) is 0 Å². The van der Waals surface area contributed by atoms with Crippen LogP contribution in [0, 0.1) is 0 Å². The molecule has 1 aliphatic rings. The van der Waals surface area contributed by atoms with Crippen LogP contribution in [0.2, 0.25) is 0 Å². The van der Waals surface area contributed by atoms with Gasteiger partial charge in [0.1, 0.15) is 0 Å². The van der Waals surface area contributed by atoms with Gasteiger partial charge in [-0.1, -0.05) is 13.8 Å². The molecule has 2 N–H and O–H groups in total. The maximum Gasteiger partial charge on any atom is 0.0666 e. The molecule has 3 heteroatoms. The maximum atomic E-state index is 9.15. The summed E-state index contributed by atoms with van der Waals surface area (Å²) in [4.78, 5) is 0. The predicted molar refractivity (Wildman–Crippen MR) is 62.0 cm³/mol. The fraction of sp³-hybridized carbons (Fsp3) is 1.00. The molecule has 0 radical (unpaired) electrons. The molecule has 1 fully saturated rings. The Morgan fingerprint density at radius 3 is 2.80 bits per heavy atom. The van der Waals surface area contributed by atoms with Gasteiger partial charge in [-0.15, -0.1) is 0 Å². The van der Waals surface area contributed by atoms with Crippen molar-refractivity contribution in [2.24, 2.45) is 0 Å². The monoisotopic (exact) mass is 215 g/mol. The molecule has 0 amide bonds. The van der Waals surface area contributed by atoms with Crippen LogP contribution in [0.3, 0.4) is 0 Å². The molecular formula is C12H25NO2. The molecule has 1 heterocycles. The third-order valence-corrected chi connectivity index (χ3v) is 3.53. The van der Waals surface area contributed by atoms with E-state index in [1.54, 1.807) is 0 Å². The molecule has 0 saturated carbocycles. The average Bonchev–Trinajstić information content (AvgIpc) is 2.26. The Hall–Kier alpha value is -0.120. The van der Waals surface area contributed by atoms with E-state index in [2.05, 4.69) is 26.1 Å². The van der Waals surface area contributed by atoms with Gasteiger partial charge in [-0.3, -0.25) is 0 Å². The summed E-state index contributed by atoms with van der Waals surface area (Å²) in [6, 6.07) is 0.745. The van der Waals surface area contributed by atoms with E-state index in [0.29, 0.717) is 6.04 Å². The molecule has 3 nitrogen and oxygen atoms in total. The molecule has 0 spiro atoms. The number of hydrogen-bond donors (Lipinski definition) is 2. The fourth-order valence-electron chi connectivity index (χ4n) is 2.15. The molecule has 1 aliphatic heterocycles. The molecule has 15 heavy (non-hydrogen) atoms. The second-order valence-electron chi connectivity index (χ2n) is 4.80. The van der Waals surface area contributed by atoms with Crippen molar-refractivity contribution in [3.63, 3.8) is 0 Å². The SMILES string of the molecule is CCC(CO)NC1CCOC(C)(CC)C1. The fourth-order valence-corrected chi connectivity index (χ4v) is 2.15. The Labute approximate surface area is 93.2 Å². The zero-order valence-corrected chi connectivity index (χ0v) is 10.3. The summed E-state index contributed by atoms with van der Waals surface area (Å²) in [5.41, 5.74) is 0.0314. The van der Waals surface area contributed by atoms with Gasteiger partial charge in [0.2, 0.25) is 0 Å². The zero-order valence-electron chi connectivity index (χ0n) is 10.3. The third-order valence-electron chi connectivity index (χ3n) is 3.53. The lowest BCUT2D eigenvalue weighted by Crippen LogP contribution is -2.49. The van der Waals surface area contributed by atoms with Crippen LogP contribution < -0.4 is 5.32 Å². The third kappa shape index (κ3) is 3.74. The maximum absolute atomic E-state index is 9.15. The molecule has 0 aliphatic carbocycles. The first kappa shape index (κ1) is 12.9. The molecule has 1 rings (SSSR count). The summed E-state index contributed by atoms with van der Waals surface area (Å²) < 4.78 is 5.79. The highest BCUT2D eigenvalue weighted by atomic mass is 16.5. The Balaban J connectivity index is 2.42. The molecule has 3 unspecified atom stereocenters. The predicted octanol–water partition coefficient (Wildman–Crippen LogP) is 1.69. The molecular weight excluding hydrogens is 190 g/mol. The summed E-state index contributed by atoms with van der Waals surface area (Å²) in [5, 5.41) is 12.7. The summed E-state index contributed by atoms with van der Waals surface area (Å²) in [6.07, 6.45) is 4.16. The van der Waals surface area contributed by atoms with Crippen LogP contribution in [0.5, 0.6) is 0 Å². The van der Waals surface area contributed by atoms with Crippen LogP contribution >= 0.6 is 0 Å². The van der Waals surface area contributed by atoms with Gasteiger partial charge in [-0.2, -0.15) is 0 Å². The van der Waals surface area contributed by atoms with Crippen molar-refractivity contribution in [3.8, 4) is 0 Å². The van der Waals surface area contributed by atoms with Crippen molar-refractivity contribution in [3.05, 3.63) is 0 Å². The number of aliphatic hydroxyl groups is 1. The molecule has 1 saturated heterocycles. The standard InChI is InChI=1S/C12H25NO2/c1-4-10(9-14)13-11-6-7-15-12(3,5-2)8-11/h10-11,13-14H,4-9H2,1-3H3. The summed E-state index contributed by atoms with van der Waals surface area (Å²) >= 11 is 0. The van der Waals surface area contributed by atoms with Crippen molar-refractivity contribution < 1.29 is 9.84 Å². The molecule has 0 aromatic heterocycles. The molecule has 90 valence electrons. The van der Waals surface area contributed by atoms with Crippen LogP contribution in [0.4, 0.5) is 0 Å². The Morgan fingerprint density at radius 1 is 1.53 bits per heavy atom. The van der Waals surface area contributed by atoms with Crippen LogP contribution in [-0.4, -0.2) is 36.0 Å². The smallest absolute Gasteiger partial charge is 0.0666 e. The van der Waals surface area contributed by atoms with E-state index in [0.717, 1.165) is 32.3 Å². The number of hydrogen-bond acceptors (Lipinski definition) is 3. The molecule has 3 atom stereocenters. The summed E-state index contributed by atoms with van der Waals surface area (Å²) in [5.74, 6) is 0. The lowest BCUT2D eigenvalue weighted by molar-refractivity contribution is -0.0797. The van der Waals surface area contributed by atoms with Gasteiger partial charge < -0.3 is 15.2 Å². The Kier molecular flexibility index (Phi) is 5.03. The van der Waals surface area contributed by atoms with Gasteiger partial charge in [0.15, 0.2) is 0 Å². The van der Waals surface area contributed by atoms with Gasteiger partial charge in [-0.05, 0) is 32.6 Å². The van der Waals surface area contributed by atoms with Gasteiger partial charge in [0, 0.05) is 18.7 Å². The van der Waals surface area contributed by atoms with Crippen molar-refractivity contribution >= 4 is 0 Å². The van der Waals surface area contributed by atoms with E-state index in [1.165, 1.54) is 0 Å². The number of ether oxygens (including phenoxy) is 1. The average molecular weight is 215 g/mol. The number of rotatable bonds is 5. The van der Waals surface area contributed by atoms with Crippen LogP contribution in [-0.2, 0) is 4.74 Å². The lowest BCUT2D eigenvalue weighted by Gasteiger charge is -2.39. The van der Waals surface area contributed by atoms with Crippen molar-refractivity contribution in [2.45, 2.75) is 64.1 Å². The first-order valence-electron chi connectivity index (χ1n) is 6.14. The highest BCUT2D eigenvalue weighted by Gasteiger charge is 2.32. The minimum atomic E-state index is 0.0314. The zero-order chi connectivity index (χ0) is 11.3. The second kappa shape index (κ2) is 5.83. The molecule has 0 aromatic carbocycles. The highest BCUT2D eigenvalue weighted by molar-refractivity contribution is 4.86. The number of aliphatic hydroxyl groups excluding tert-OH is 1.